The van der Waals surface area contributed by atoms with Crippen LogP contribution in [0.2, 0.25) is 0 Å². The van der Waals surface area contributed by atoms with Crippen LogP contribution < -0.4 is 15.0 Å². The van der Waals surface area contributed by atoms with Gasteiger partial charge in [-0.3, -0.25) is 4.79 Å². The number of piperidine rings is 1. The second-order valence-electron chi connectivity index (χ2n) is 7.93. The highest BCUT2D eigenvalue weighted by Gasteiger charge is 2.23. The average molecular weight is 431 g/mol. The Morgan fingerprint density at radius 2 is 2.25 bits per heavy atom. The molecule has 164 valence electrons. The van der Waals surface area contributed by atoms with E-state index in [4.69, 9.17) is 9.72 Å². The SMILES string of the molecule is C=C(C)C(=O)NC1CCCN(c2ccc(-c3cc(OCC)cn4ncc(C#N)c34)cn2)C1. The van der Waals surface area contributed by atoms with E-state index in [1.807, 2.05) is 31.3 Å². The number of anilines is 1. The number of pyridine rings is 2. The van der Waals surface area contributed by atoms with Crippen molar-refractivity contribution in [1.82, 2.24) is 19.9 Å². The molecule has 1 aliphatic heterocycles. The molecule has 0 spiro atoms. The summed E-state index contributed by atoms with van der Waals surface area (Å²) < 4.78 is 7.36. The van der Waals surface area contributed by atoms with Crippen LogP contribution in [-0.4, -0.2) is 46.2 Å². The second-order valence-corrected chi connectivity index (χ2v) is 7.93. The Balaban J connectivity index is 1.61. The predicted octanol–water partition coefficient (Wildman–Crippen LogP) is 3.33. The molecule has 4 rings (SSSR count). The number of nitriles is 1. The van der Waals surface area contributed by atoms with Crippen molar-refractivity contribution < 1.29 is 9.53 Å². The average Bonchev–Trinajstić information content (AvgIpc) is 3.22. The lowest BCUT2D eigenvalue weighted by Gasteiger charge is -2.34. The minimum Gasteiger partial charge on any atom is -0.492 e. The molecule has 8 nitrogen and oxygen atoms in total. The Morgan fingerprint density at radius 3 is 2.94 bits per heavy atom. The van der Waals surface area contributed by atoms with Crippen LogP contribution in [-0.2, 0) is 4.79 Å². The first-order valence-electron chi connectivity index (χ1n) is 10.7. The van der Waals surface area contributed by atoms with E-state index in [1.165, 1.54) is 0 Å². The summed E-state index contributed by atoms with van der Waals surface area (Å²) in [7, 11) is 0. The van der Waals surface area contributed by atoms with Gasteiger partial charge in [0.2, 0.25) is 5.91 Å². The molecule has 1 unspecified atom stereocenters. The highest BCUT2D eigenvalue weighted by Crippen LogP contribution is 2.31. The zero-order chi connectivity index (χ0) is 22.7. The fourth-order valence-electron chi connectivity index (χ4n) is 3.99. The smallest absolute Gasteiger partial charge is 0.246 e. The topological polar surface area (TPSA) is 95.5 Å². The van der Waals surface area contributed by atoms with Crippen LogP contribution in [0, 0.1) is 11.3 Å². The van der Waals surface area contributed by atoms with E-state index in [9.17, 15) is 10.1 Å². The van der Waals surface area contributed by atoms with Crippen molar-refractivity contribution in [3.63, 3.8) is 0 Å². The molecule has 1 atom stereocenters. The zero-order valence-electron chi connectivity index (χ0n) is 18.3. The Labute approximate surface area is 187 Å². The fraction of sp³-hybridized carbons (Fsp3) is 0.333. The number of carbonyl (C=O) groups excluding carboxylic acids is 1. The zero-order valence-corrected chi connectivity index (χ0v) is 18.3. The van der Waals surface area contributed by atoms with Crippen LogP contribution in [0.5, 0.6) is 5.75 Å². The van der Waals surface area contributed by atoms with Crippen molar-refractivity contribution in [2.45, 2.75) is 32.7 Å². The number of ether oxygens (including phenoxy) is 1. The highest BCUT2D eigenvalue weighted by molar-refractivity contribution is 5.92. The molecule has 0 aliphatic carbocycles. The molecule has 3 aromatic rings. The van der Waals surface area contributed by atoms with Gasteiger partial charge in [-0.1, -0.05) is 6.58 Å². The van der Waals surface area contributed by atoms with Gasteiger partial charge in [-0.15, -0.1) is 0 Å². The third-order valence-electron chi connectivity index (χ3n) is 5.55. The third kappa shape index (κ3) is 4.28. The summed E-state index contributed by atoms with van der Waals surface area (Å²) in [5, 5.41) is 16.9. The molecular formula is C24H26N6O2. The molecule has 32 heavy (non-hydrogen) atoms. The van der Waals surface area contributed by atoms with Gasteiger partial charge >= 0.3 is 0 Å². The predicted molar refractivity (Wildman–Crippen MR) is 122 cm³/mol. The summed E-state index contributed by atoms with van der Waals surface area (Å²) in [6.07, 6.45) is 7.06. The lowest BCUT2D eigenvalue weighted by molar-refractivity contribution is -0.118. The summed E-state index contributed by atoms with van der Waals surface area (Å²) >= 11 is 0. The Bertz CT molecular complexity index is 1190. The van der Waals surface area contributed by atoms with E-state index in [0.29, 0.717) is 30.0 Å². The lowest BCUT2D eigenvalue weighted by Crippen LogP contribution is -2.48. The van der Waals surface area contributed by atoms with Gasteiger partial charge in [0.25, 0.3) is 0 Å². The van der Waals surface area contributed by atoms with E-state index in [1.54, 1.807) is 23.8 Å². The summed E-state index contributed by atoms with van der Waals surface area (Å²) in [5.41, 5.74) is 3.46. The van der Waals surface area contributed by atoms with Crippen LogP contribution >= 0.6 is 0 Å². The molecule has 1 saturated heterocycles. The van der Waals surface area contributed by atoms with Crippen LogP contribution in [0.3, 0.4) is 0 Å². The molecule has 1 N–H and O–H groups in total. The first-order valence-corrected chi connectivity index (χ1v) is 10.7. The summed E-state index contributed by atoms with van der Waals surface area (Å²) in [6.45, 7) is 9.48. The van der Waals surface area contributed by atoms with Crippen LogP contribution in [0.1, 0.15) is 32.3 Å². The van der Waals surface area contributed by atoms with Crippen molar-refractivity contribution in [3.05, 3.63) is 54.5 Å². The molecule has 1 fully saturated rings. The van der Waals surface area contributed by atoms with Gasteiger partial charge < -0.3 is 15.0 Å². The maximum absolute atomic E-state index is 12.0. The second kappa shape index (κ2) is 9.10. The van der Waals surface area contributed by atoms with Gasteiger partial charge in [-0.2, -0.15) is 10.4 Å². The van der Waals surface area contributed by atoms with Gasteiger partial charge in [-0.25, -0.2) is 9.50 Å². The number of aromatic nitrogens is 3. The van der Waals surface area contributed by atoms with Gasteiger partial charge in [0.1, 0.15) is 17.6 Å². The number of rotatable bonds is 6. The summed E-state index contributed by atoms with van der Waals surface area (Å²) in [6, 6.07) is 8.17. The van der Waals surface area contributed by atoms with Crippen molar-refractivity contribution in [3.8, 4) is 22.9 Å². The van der Waals surface area contributed by atoms with Crippen LogP contribution in [0.15, 0.2) is 48.9 Å². The molecule has 3 aromatic heterocycles. The van der Waals surface area contributed by atoms with E-state index in [2.05, 4.69) is 28.0 Å². The van der Waals surface area contributed by atoms with E-state index in [-0.39, 0.29) is 11.9 Å². The van der Waals surface area contributed by atoms with Crippen LogP contribution in [0.25, 0.3) is 16.6 Å². The van der Waals surface area contributed by atoms with Crippen molar-refractivity contribution in [2.75, 3.05) is 24.6 Å². The van der Waals surface area contributed by atoms with Crippen molar-refractivity contribution >= 4 is 17.2 Å². The molecule has 1 amide bonds. The van der Waals surface area contributed by atoms with E-state index < -0.39 is 0 Å². The van der Waals surface area contributed by atoms with E-state index >= 15 is 0 Å². The van der Waals surface area contributed by atoms with Gasteiger partial charge in [0, 0.05) is 42.0 Å². The molecular weight excluding hydrogens is 404 g/mol. The van der Waals surface area contributed by atoms with Gasteiger partial charge in [0.15, 0.2) is 0 Å². The van der Waals surface area contributed by atoms with Crippen LogP contribution in [0.4, 0.5) is 5.82 Å². The number of amides is 1. The lowest BCUT2D eigenvalue weighted by atomic mass is 10.0. The van der Waals surface area contributed by atoms with Crippen molar-refractivity contribution in [1.29, 1.82) is 5.26 Å². The Hall–Kier alpha value is -3.86. The Morgan fingerprint density at radius 1 is 1.41 bits per heavy atom. The Kier molecular flexibility index (Phi) is 6.08. The minimum atomic E-state index is -0.104. The normalized spacial score (nSPS) is 15.9. The van der Waals surface area contributed by atoms with Gasteiger partial charge in [-0.05, 0) is 44.9 Å². The van der Waals surface area contributed by atoms with Crippen molar-refractivity contribution in [2.24, 2.45) is 0 Å². The number of carbonyl (C=O) groups is 1. The first-order chi connectivity index (χ1) is 15.5. The molecule has 0 aromatic carbocycles. The molecule has 8 heteroatoms. The standard InChI is InChI=1S/C24H26N6O2/c1-4-32-20-10-21(23-18(11-25)13-27-30(23)15-20)17-7-8-22(26-12-17)29-9-5-6-19(14-29)28-24(31)16(2)3/h7-8,10,12-13,15,19H,2,4-6,9,14H2,1,3H3,(H,28,31). The molecule has 4 heterocycles. The van der Waals surface area contributed by atoms with E-state index in [0.717, 1.165) is 41.8 Å². The van der Waals surface area contributed by atoms with Gasteiger partial charge in [0.05, 0.1) is 30.1 Å². The quantitative estimate of drug-likeness (QED) is 0.603. The maximum Gasteiger partial charge on any atom is 0.246 e. The highest BCUT2D eigenvalue weighted by atomic mass is 16.5. The fourth-order valence-corrected chi connectivity index (χ4v) is 3.99. The summed E-state index contributed by atoms with van der Waals surface area (Å²) in [4.78, 5) is 18.9. The third-order valence-corrected chi connectivity index (χ3v) is 5.55. The number of nitrogens with zero attached hydrogens (tertiary/aromatic N) is 5. The molecule has 0 radical (unpaired) electrons. The monoisotopic (exact) mass is 430 g/mol. The maximum atomic E-state index is 12.0. The number of fused-ring (bicyclic) bond motifs is 1. The summed E-state index contributed by atoms with van der Waals surface area (Å²) in [5.74, 6) is 1.43. The first kappa shape index (κ1) is 21.4. The largest absolute Gasteiger partial charge is 0.492 e. The molecule has 0 bridgehead atoms. The number of hydrogen-bond donors (Lipinski definition) is 1. The number of nitrogens with one attached hydrogen (secondary N) is 1. The number of hydrogen-bond acceptors (Lipinski definition) is 6. The molecule has 1 aliphatic rings. The minimum absolute atomic E-state index is 0.0712. The molecule has 0 saturated carbocycles.